The molecule has 1 heterocycles. The molecule has 0 spiro atoms. The Bertz CT molecular complexity index is 2440. The maximum absolute atomic E-state index is 13.5. The average Bonchev–Trinajstić information content (AvgIpc) is 3.17. The summed E-state index contributed by atoms with van der Waals surface area (Å²) in [6, 6.07) is 22.6. The standard InChI is InChI=1S/C43H51N5O11S/c1-42(2,3)27-21-35(39(55-7)36(22-27)48-60(8,52)53)47-41(51)46-34-13-14-37(33-12-10-9-11-32(33)34)59-29-15-16-44-38(26-29)45-28-23-30(54-6)25-31(24-28)57-19-17-56-18-20-58-43(4,5)40(49)50/h9-16,21-26,48H,17-20H2,1-8H3,(H,44,45)(H,49,50)(H2,46,47,51). The SMILES string of the molecule is COc1cc(Nc2cc(Oc3ccc(NC(=O)Nc4cc(C(C)(C)C)cc(NS(C)(=O)=O)c4OC)c4ccccc34)ccn2)cc(OCCOCCOC(C)(C)C(=O)O)c1. The van der Waals surface area contributed by atoms with Crippen LogP contribution in [0.5, 0.6) is 28.7 Å². The lowest BCUT2D eigenvalue weighted by molar-refractivity contribution is -0.162. The monoisotopic (exact) mass is 845 g/mol. The van der Waals surface area contributed by atoms with E-state index in [1.807, 2.05) is 45.0 Å². The maximum Gasteiger partial charge on any atom is 0.335 e. The molecular weight excluding hydrogens is 795 g/mol. The number of benzene rings is 4. The molecule has 17 heteroatoms. The number of nitrogens with zero attached hydrogens (tertiary/aromatic N) is 1. The second kappa shape index (κ2) is 19.2. The number of anilines is 5. The molecule has 0 aliphatic carbocycles. The van der Waals surface area contributed by atoms with Gasteiger partial charge in [-0.15, -0.1) is 0 Å². The first-order chi connectivity index (χ1) is 28.3. The van der Waals surface area contributed by atoms with E-state index in [0.717, 1.165) is 17.2 Å². The number of fused-ring (bicyclic) bond motifs is 1. The highest BCUT2D eigenvalue weighted by atomic mass is 32.2. The fourth-order valence-corrected chi connectivity index (χ4v) is 6.35. The van der Waals surface area contributed by atoms with Crippen LogP contribution in [-0.4, -0.2) is 83.0 Å². The molecule has 16 nitrogen and oxygen atoms in total. The molecule has 0 aliphatic heterocycles. The van der Waals surface area contributed by atoms with Crippen LogP contribution < -0.4 is 39.6 Å². The van der Waals surface area contributed by atoms with E-state index in [1.54, 1.807) is 67.9 Å². The lowest BCUT2D eigenvalue weighted by Gasteiger charge is -2.24. The fraction of sp³-hybridized carbons (Fsp3) is 0.326. The topological polar surface area (TPSA) is 205 Å². The van der Waals surface area contributed by atoms with E-state index in [2.05, 4.69) is 25.7 Å². The molecule has 1 aromatic heterocycles. The van der Waals surface area contributed by atoms with Crippen molar-refractivity contribution in [3.8, 4) is 28.7 Å². The molecule has 0 aliphatic rings. The number of sulfonamides is 1. The normalized spacial score (nSPS) is 11.7. The maximum atomic E-state index is 13.5. The number of hydrogen-bond acceptors (Lipinski definition) is 12. The largest absolute Gasteiger partial charge is 0.497 e. The van der Waals surface area contributed by atoms with Gasteiger partial charge in [0.05, 0.1) is 57.4 Å². The predicted molar refractivity (Wildman–Crippen MR) is 231 cm³/mol. The van der Waals surface area contributed by atoms with Crippen molar-refractivity contribution in [1.82, 2.24) is 4.98 Å². The first kappa shape index (κ1) is 44.8. The number of methoxy groups -OCH3 is 2. The Hall–Kier alpha value is -6.30. The van der Waals surface area contributed by atoms with E-state index in [0.29, 0.717) is 45.6 Å². The molecule has 320 valence electrons. The van der Waals surface area contributed by atoms with Gasteiger partial charge in [0.15, 0.2) is 11.4 Å². The number of ether oxygens (including phenoxy) is 6. The van der Waals surface area contributed by atoms with Crippen LogP contribution in [0, 0.1) is 0 Å². The number of aromatic nitrogens is 1. The van der Waals surface area contributed by atoms with Gasteiger partial charge in [0, 0.05) is 46.9 Å². The molecule has 60 heavy (non-hydrogen) atoms. The first-order valence-electron chi connectivity index (χ1n) is 18.8. The molecule has 5 aromatic rings. The lowest BCUT2D eigenvalue weighted by Crippen LogP contribution is -2.35. The zero-order chi connectivity index (χ0) is 43.7. The van der Waals surface area contributed by atoms with Crippen LogP contribution in [0.1, 0.15) is 40.2 Å². The van der Waals surface area contributed by atoms with E-state index in [4.69, 9.17) is 33.5 Å². The van der Waals surface area contributed by atoms with Crippen molar-refractivity contribution < 1.29 is 51.5 Å². The highest BCUT2D eigenvalue weighted by Gasteiger charge is 2.27. The summed E-state index contributed by atoms with van der Waals surface area (Å²) >= 11 is 0. The van der Waals surface area contributed by atoms with Crippen LogP contribution in [0.25, 0.3) is 10.8 Å². The number of rotatable bonds is 19. The van der Waals surface area contributed by atoms with E-state index in [1.165, 1.54) is 21.0 Å². The molecule has 0 unspecified atom stereocenters. The first-order valence-corrected chi connectivity index (χ1v) is 20.7. The summed E-state index contributed by atoms with van der Waals surface area (Å²) in [5.41, 5.74) is 0.736. The van der Waals surface area contributed by atoms with Gasteiger partial charge in [0.25, 0.3) is 0 Å². The molecule has 0 saturated carbocycles. The van der Waals surface area contributed by atoms with Crippen LogP contribution in [-0.2, 0) is 29.7 Å². The third-order valence-corrected chi connectivity index (χ3v) is 9.47. The van der Waals surface area contributed by atoms with E-state index in [9.17, 15) is 18.0 Å². The Labute approximate surface area is 349 Å². The second-order valence-electron chi connectivity index (χ2n) is 15.1. The lowest BCUT2D eigenvalue weighted by atomic mass is 9.86. The Morgan fingerprint density at radius 1 is 0.750 bits per heavy atom. The minimum atomic E-state index is -3.65. The van der Waals surface area contributed by atoms with Gasteiger partial charge in [0.1, 0.15) is 35.4 Å². The molecule has 5 rings (SSSR count). The number of urea groups is 1. The Morgan fingerprint density at radius 2 is 1.43 bits per heavy atom. The number of carbonyl (C=O) groups excluding carboxylic acids is 1. The third kappa shape index (κ3) is 12.4. The van der Waals surface area contributed by atoms with Crippen LogP contribution in [0.4, 0.5) is 33.4 Å². The summed E-state index contributed by atoms with van der Waals surface area (Å²) in [6.45, 7) is 9.71. The Kier molecular flexibility index (Phi) is 14.3. The number of hydrogen-bond donors (Lipinski definition) is 5. The van der Waals surface area contributed by atoms with Crippen molar-refractivity contribution in [3.63, 3.8) is 0 Å². The number of carboxylic acids is 1. The summed E-state index contributed by atoms with van der Waals surface area (Å²) in [6.07, 6.45) is 2.65. The number of carbonyl (C=O) groups is 2. The zero-order valence-corrected chi connectivity index (χ0v) is 35.6. The number of pyridine rings is 1. The van der Waals surface area contributed by atoms with Crippen molar-refractivity contribution in [2.45, 2.75) is 45.6 Å². The van der Waals surface area contributed by atoms with Crippen molar-refractivity contribution in [2.75, 3.05) is 67.6 Å². The number of aliphatic carboxylic acids is 1. The van der Waals surface area contributed by atoms with Crippen LogP contribution in [0.15, 0.2) is 85.1 Å². The summed E-state index contributed by atoms with van der Waals surface area (Å²) in [5, 5.41) is 19.6. The van der Waals surface area contributed by atoms with Crippen LogP contribution >= 0.6 is 0 Å². The molecule has 0 fully saturated rings. The number of nitrogens with one attached hydrogen (secondary N) is 4. The molecule has 4 aromatic carbocycles. The zero-order valence-electron chi connectivity index (χ0n) is 34.8. The summed E-state index contributed by atoms with van der Waals surface area (Å²) in [5.74, 6) is 1.69. The number of carboxylic acid groups (broad SMARTS) is 1. The van der Waals surface area contributed by atoms with Gasteiger partial charge in [-0.1, -0.05) is 45.0 Å². The Balaban J connectivity index is 1.27. The van der Waals surface area contributed by atoms with Crippen LogP contribution in [0.3, 0.4) is 0 Å². The predicted octanol–water partition coefficient (Wildman–Crippen LogP) is 8.38. The highest BCUT2D eigenvalue weighted by Crippen LogP contribution is 2.40. The van der Waals surface area contributed by atoms with Crippen molar-refractivity contribution in [1.29, 1.82) is 0 Å². The minimum Gasteiger partial charge on any atom is -0.497 e. The summed E-state index contributed by atoms with van der Waals surface area (Å²) < 4.78 is 61.0. The molecular formula is C43H51N5O11S. The molecule has 5 N–H and O–H groups in total. The van der Waals surface area contributed by atoms with E-state index in [-0.39, 0.29) is 49.0 Å². The van der Waals surface area contributed by atoms with Crippen molar-refractivity contribution in [2.24, 2.45) is 0 Å². The molecule has 0 saturated heterocycles. The second-order valence-corrected chi connectivity index (χ2v) is 16.8. The van der Waals surface area contributed by atoms with Gasteiger partial charge in [-0.05, 0) is 55.2 Å². The van der Waals surface area contributed by atoms with Gasteiger partial charge < -0.3 is 49.5 Å². The minimum absolute atomic E-state index is 0.127. The smallest absolute Gasteiger partial charge is 0.335 e. The van der Waals surface area contributed by atoms with Crippen molar-refractivity contribution >= 4 is 61.4 Å². The van der Waals surface area contributed by atoms with Crippen LogP contribution in [0.2, 0.25) is 0 Å². The molecule has 0 radical (unpaired) electrons. The van der Waals surface area contributed by atoms with Crippen molar-refractivity contribution in [3.05, 3.63) is 90.6 Å². The van der Waals surface area contributed by atoms with Gasteiger partial charge in [-0.25, -0.2) is 23.0 Å². The Morgan fingerprint density at radius 3 is 2.12 bits per heavy atom. The highest BCUT2D eigenvalue weighted by molar-refractivity contribution is 7.92. The fourth-order valence-electron chi connectivity index (χ4n) is 5.80. The van der Waals surface area contributed by atoms with E-state index >= 15 is 0 Å². The summed E-state index contributed by atoms with van der Waals surface area (Å²) in [7, 11) is -0.702. The van der Waals surface area contributed by atoms with Gasteiger partial charge >= 0.3 is 12.0 Å². The molecule has 0 atom stereocenters. The summed E-state index contributed by atoms with van der Waals surface area (Å²) in [4.78, 5) is 29.2. The molecule has 2 amide bonds. The van der Waals surface area contributed by atoms with Gasteiger partial charge in [-0.2, -0.15) is 0 Å². The number of amides is 2. The third-order valence-electron chi connectivity index (χ3n) is 8.88. The average molecular weight is 846 g/mol. The quantitative estimate of drug-likeness (QED) is 0.0496. The van der Waals surface area contributed by atoms with E-state index < -0.39 is 27.6 Å². The van der Waals surface area contributed by atoms with Gasteiger partial charge in [-0.3, -0.25) is 4.72 Å². The van der Waals surface area contributed by atoms with Gasteiger partial charge in [0.2, 0.25) is 10.0 Å². The molecule has 0 bridgehead atoms.